The van der Waals surface area contributed by atoms with Crippen LogP contribution in [0.5, 0.6) is 0 Å². The van der Waals surface area contributed by atoms with Crippen LogP contribution in [0.15, 0.2) is 16.6 Å². The lowest BCUT2D eigenvalue weighted by molar-refractivity contribution is -0.117. The molecule has 0 N–H and O–H groups in total. The van der Waals surface area contributed by atoms with E-state index in [0.29, 0.717) is 0 Å². The van der Waals surface area contributed by atoms with Crippen molar-refractivity contribution in [3.05, 3.63) is 28.2 Å². The molecule has 1 fully saturated rings. The molecule has 1 amide bonds. The van der Waals surface area contributed by atoms with E-state index in [1.54, 1.807) is 0 Å². The molecular formula is C11H9BrClF2NO3S. The number of hydrogen-bond acceptors (Lipinski definition) is 3. The standard InChI is InChI=1S/C11H9BrClF2NO3S/c12-7-2-8(14)11(9(15)3-7)16-4-6(1-10(16)17)5-20(13,18)19/h2-3,6H,1,4-5H2. The second-order valence-electron chi connectivity index (χ2n) is 4.50. The Bertz CT molecular complexity index is 645. The second-order valence-corrected chi connectivity index (χ2v) is 8.24. The quantitative estimate of drug-likeness (QED) is 0.748. The number of anilines is 1. The Morgan fingerprint density at radius 3 is 2.40 bits per heavy atom. The zero-order chi connectivity index (χ0) is 15.1. The lowest BCUT2D eigenvalue weighted by atomic mass is 10.1. The van der Waals surface area contributed by atoms with Crippen LogP contribution in [0.25, 0.3) is 0 Å². The summed E-state index contributed by atoms with van der Waals surface area (Å²) in [6.07, 6.45) is -0.110. The smallest absolute Gasteiger partial charge is 0.232 e. The molecule has 0 bridgehead atoms. The summed E-state index contributed by atoms with van der Waals surface area (Å²) in [5, 5.41) is 0. The van der Waals surface area contributed by atoms with E-state index < -0.39 is 44.0 Å². The van der Waals surface area contributed by atoms with Crippen molar-refractivity contribution in [2.75, 3.05) is 17.2 Å². The van der Waals surface area contributed by atoms with E-state index in [9.17, 15) is 22.0 Å². The van der Waals surface area contributed by atoms with Gasteiger partial charge in [-0.1, -0.05) is 15.9 Å². The van der Waals surface area contributed by atoms with E-state index in [-0.39, 0.29) is 17.4 Å². The molecule has 9 heteroatoms. The topological polar surface area (TPSA) is 54.5 Å². The number of halogens is 4. The predicted molar refractivity (Wildman–Crippen MR) is 74.2 cm³/mol. The predicted octanol–water partition coefficient (Wildman–Crippen LogP) is 2.65. The molecule has 1 aliphatic heterocycles. The summed E-state index contributed by atoms with van der Waals surface area (Å²) in [4.78, 5) is 12.7. The summed E-state index contributed by atoms with van der Waals surface area (Å²) < 4.78 is 49.8. The van der Waals surface area contributed by atoms with Crippen molar-refractivity contribution in [1.82, 2.24) is 0 Å². The third kappa shape index (κ3) is 3.48. The first-order chi connectivity index (χ1) is 9.17. The number of carbonyl (C=O) groups is 1. The summed E-state index contributed by atoms with van der Waals surface area (Å²) in [7, 11) is 1.36. The van der Waals surface area contributed by atoms with Crippen LogP contribution >= 0.6 is 26.6 Å². The molecule has 110 valence electrons. The third-order valence-electron chi connectivity index (χ3n) is 2.89. The highest BCUT2D eigenvalue weighted by atomic mass is 79.9. The fourth-order valence-electron chi connectivity index (χ4n) is 2.18. The maximum absolute atomic E-state index is 13.8. The normalized spacial score (nSPS) is 19.7. The molecule has 1 heterocycles. The number of hydrogen-bond donors (Lipinski definition) is 0. The van der Waals surface area contributed by atoms with E-state index in [0.717, 1.165) is 17.0 Å². The second kappa shape index (κ2) is 5.57. The fourth-order valence-corrected chi connectivity index (χ4v) is 3.91. The molecule has 20 heavy (non-hydrogen) atoms. The van der Waals surface area contributed by atoms with Gasteiger partial charge >= 0.3 is 0 Å². The van der Waals surface area contributed by atoms with Crippen molar-refractivity contribution in [2.24, 2.45) is 5.92 Å². The Morgan fingerprint density at radius 1 is 1.35 bits per heavy atom. The van der Waals surface area contributed by atoms with Crippen LogP contribution in [-0.4, -0.2) is 26.6 Å². The molecule has 1 saturated heterocycles. The summed E-state index contributed by atoms with van der Waals surface area (Å²) >= 11 is 2.94. The molecule has 0 aliphatic carbocycles. The lowest BCUT2D eigenvalue weighted by Gasteiger charge is -2.18. The molecule has 4 nitrogen and oxygen atoms in total. The van der Waals surface area contributed by atoms with Crippen molar-refractivity contribution < 1.29 is 22.0 Å². The van der Waals surface area contributed by atoms with Crippen LogP contribution < -0.4 is 4.90 Å². The zero-order valence-electron chi connectivity index (χ0n) is 9.95. The first-order valence-electron chi connectivity index (χ1n) is 5.54. The minimum atomic E-state index is -3.77. The van der Waals surface area contributed by atoms with Crippen LogP contribution in [0.4, 0.5) is 14.5 Å². The van der Waals surface area contributed by atoms with E-state index in [1.807, 2.05) is 0 Å². The van der Waals surface area contributed by atoms with Gasteiger partial charge in [0.15, 0.2) is 11.6 Å². The summed E-state index contributed by atoms with van der Waals surface area (Å²) in [5.41, 5.74) is -0.465. The van der Waals surface area contributed by atoms with Crippen LogP contribution in [0.2, 0.25) is 0 Å². The maximum atomic E-state index is 13.8. The van der Waals surface area contributed by atoms with E-state index >= 15 is 0 Å². The van der Waals surface area contributed by atoms with Crippen molar-refractivity contribution in [1.29, 1.82) is 0 Å². The number of carbonyl (C=O) groups excluding carboxylic acids is 1. The van der Waals surface area contributed by atoms with Gasteiger partial charge in [-0.15, -0.1) is 0 Å². The first-order valence-corrected chi connectivity index (χ1v) is 8.82. The third-order valence-corrected chi connectivity index (χ3v) is 4.60. The van der Waals surface area contributed by atoms with Crippen molar-refractivity contribution in [3.63, 3.8) is 0 Å². The van der Waals surface area contributed by atoms with Crippen LogP contribution in [0, 0.1) is 17.6 Å². The molecule has 2 rings (SSSR count). The highest BCUT2D eigenvalue weighted by Crippen LogP contribution is 2.32. The molecule has 1 aliphatic rings. The molecule has 0 spiro atoms. The Balaban J connectivity index is 2.29. The van der Waals surface area contributed by atoms with E-state index in [1.165, 1.54) is 0 Å². The van der Waals surface area contributed by atoms with Gasteiger partial charge in [0.2, 0.25) is 15.0 Å². The number of nitrogens with zero attached hydrogens (tertiary/aromatic N) is 1. The van der Waals surface area contributed by atoms with Crippen LogP contribution in [0.1, 0.15) is 6.42 Å². The summed E-state index contributed by atoms with van der Waals surface area (Å²) in [6, 6.07) is 2.08. The molecule has 1 aromatic carbocycles. The van der Waals surface area contributed by atoms with Crippen molar-refractivity contribution in [3.8, 4) is 0 Å². The van der Waals surface area contributed by atoms with E-state index in [4.69, 9.17) is 10.7 Å². The fraction of sp³-hybridized carbons (Fsp3) is 0.364. The van der Waals surface area contributed by atoms with Crippen molar-refractivity contribution >= 4 is 47.3 Å². The molecule has 0 saturated carbocycles. The monoisotopic (exact) mass is 387 g/mol. The average Bonchev–Trinajstić information content (AvgIpc) is 2.55. The van der Waals surface area contributed by atoms with Gasteiger partial charge in [-0.25, -0.2) is 17.2 Å². The highest BCUT2D eigenvalue weighted by Gasteiger charge is 2.35. The van der Waals surface area contributed by atoms with Crippen molar-refractivity contribution in [2.45, 2.75) is 6.42 Å². The average molecular weight is 389 g/mol. The maximum Gasteiger partial charge on any atom is 0.232 e. The van der Waals surface area contributed by atoms with Gasteiger partial charge in [-0.2, -0.15) is 0 Å². The van der Waals surface area contributed by atoms with Crippen LogP contribution in [-0.2, 0) is 13.8 Å². The zero-order valence-corrected chi connectivity index (χ0v) is 13.1. The molecule has 1 atom stereocenters. The number of rotatable bonds is 3. The first kappa shape index (κ1) is 15.7. The minimum absolute atomic E-state index is 0.0831. The van der Waals surface area contributed by atoms with E-state index in [2.05, 4.69) is 15.9 Å². The Labute approximate surface area is 127 Å². The molecule has 0 radical (unpaired) electrons. The number of benzene rings is 1. The molecule has 1 unspecified atom stereocenters. The van der Waals surface area contributed by atoms with Gasteiger partial charge < -0.3 is 4.90 Å². The Kier molecular flexibility index (Phi) is 4.36. The Hall–Kier alpha value is -0.730. The van der Waals surface area contributed by atoms with Gasteiger partial charge in [-0.3, -0.25) is 4.79 Å². The highest BCUT2D eigenvalue weighted by molar-refractivity contribution is 9.10. The minimum Gasteiger partial charge on any atom is -0.307 e. The number of amides is 1. The van der Waals surface area contributed by atoms with Gasteiger partial charge in [0.1, 0.15) is 5.69 Å². The SMILES string of the molecule is O=C1CC(CS(=O)(=O)Cl)CN1c1c(F)cc(Br)cc1F. The Morgan fingerprint density at radius 2 is 1.90 bits per heavy atom. The molecule has 1 aromatic rings. The van der Waals surface area contributed by atoms with Gasteiger partial charge in [0.25, 0.3) is 0 Å². The summed E-state index contributed by atoms with van der Waals surface area (Å²) in [6.45, 7) is -0.0831. The molecular weight excluding hydrogens is 380 g/mol. The van der Waals surface area contributed by atoms with Gasteiger partial charge in [0.05, 0.1) is 5.75 Å². The van der Waals surface area contributed by atoms with Crippen LogP contribution in [0.3, 0.4) is 0 Å². The van der Waals surface area contributed by atoms with Gasteiger partial charge in [-0.05, 0) is 12.1 Å². The largest absolute Gasteiger partial charge is 0.307 e. The van der Waals surface area contributed by atoms with Gasteiger partial charge in [0, 0.05) is 34.0 Å². The summed E-state index contributed by atoms with van der Waals surface area (Å²) in [5.74, 6) is -3.29. The lowest BCUT2D eigenvalue weighted by Crippen LogP contribution is -2.27. The molecule has 0 aromatic heterocycles.